The normalized spacial score (nSPS) is 40.3. The third kappa shape index (κ3) is 5.60. The van der Waals surface area contributed by atoms with Gasteiger partial charge in [0.2, 0.25) is 0 Å². The monoisotopic (exact) mass is 493 g/mol. The Morgan fingerprint density at radius 1 is 0.971 bits per heavy atom. The first-order chi connectivity index (χ1) is 16.5. The third-order valence-electron chi connectivity index (χ3n) is 10.1. The van der Waals surface area contributed by atoms with Gasteiger partial charge in [0, 0.05) is 32.2 Å². The van der Waals surface area contributed by atoms with Gasteiger partial charge < -0.3 is 23.7 Å². The highest BCUT2D eigenvalue weighted by molar-refractivity contribution is 5.21. The first kappa shape index (κ1) is 28.9. The van der Waals surface area contributed by atoms with Crippen molar-refractivity contribution in [2.45, 2.75) is 130 Å². The molecule has 0 radical (unpaired) electrons. The molecule has 0 amide bonds. The summed E-state index contributed by atoms with van der Waals surface area (Å²) in [5.41, 5.74) is -0.619. The van der Waals surface area contributed by atoms with Crippen molar-refractivity contribution in [1.82, 2.24) is 0 Å². The van der Waals surface area contributed by atoms with E-state index >= 15 is 0 Å². The van der Waals surface area contributed by atoms with Gasteiger partial charge in [0.1, 0.15) is 0 Å². The highest BCUT2D eigenvalue weighted by Crippen LogP contribution is 2.67. The van der Waals surface area contributed by atoms with Gasteiger partial charge in [0.25, 0.3) is 0 Å². The second-order valence-corrected chi connectivity index (χ2v) is 12.0. The largest absolute Gasteiger partial charge is 0.353 e. The van der Waals surface area contributed by atoms with Crippen molar-refractivity contribution < 1.29 is 23.7 Å². The van der Waals surface area contributed by atoms with Crippen LogP contribution in [0.25, 0.3) is 0 Å². The van der Waals surface area contributed by atoms with Gasteiger partial charge in [-0.2, -0.15) is 5.26 Å². The number of fused-ring (bicyclic) bond motifs is 3. The van der Waals surface area contributed by atoms with E-state index in [1.807, 2.05) is 34.6 Å². The number of hydrogen-bond acceptors (Lipinski definition) is 6. The Labute approximate surface area is 214 Å². The van der Waals surface area contributed by atoms with Crippen LogP contribution in [0.15, 0.2) is 0 Å². The van der Waals surface area contributed by atoms with Crippen LogP contribution in [0.3, 0.4) is 0 Å². The minimum Gasteiger partial charge on any atom is -0.353 e. The molecule has 4 unspecified atom stereocenters. The van der Waals surface area contributed by atoms with Crippen LogP contribution in [0, 0.1) is 39.9 Å². The lowest BCUT2D eigenvalue weighted by atomic mass is 9.48. The summed E-state index contributed by atoms with van der Waals surface area (Å²) >= 11 is 0. The summed E-state index contributed by atoms with van der Waals surface area (Å²) in [4.78, 5) is 0. The van der Waals surface area contributed by atoms with Crippen LogP contribution in [-0.4, -0.2) is 44.3 Å². The lowest BCUT2D eigenvalue weighted by molar-refractivity contribution is -0.292. The maximum atomic E-state index is 10.4. The summed E-state index contributed by atoms with van der Waals surface area (Å²) in [6.07, 6.45) is 9.13. The van der Waals surface area contributed by atoms with Crippen molar-refractivity contribution in [3.8, 4) is 6.07 Å². The van der Waals surface area contributed by atoms with Crippen LogP contribution in [0.1, 0.15) is 106 Å². The van der Waals surface area contributed by atoms with Crippen molar-refractivity contribution >= 4 is 0 Å². The van der Waals surface area contributed by atoms with Crippen molar-refractivity contribution in [1.29, 1.82) is 5.26 Å². The molecule has 0 aromatic carbocycles. The molecule has 3 rings (SSSR count). The molecule has 3 fully saturated rings. The summed E-state index contributed by atoms with van der Waals surface area (Å²) in [5, 5.41) is 10.4. The molecule has 6 nitrogen and oxygen atoms in total. The molecular formula is C29H51NO5. The van der Waals surface area contributed by atoms with Crippen LogP contribution in [-0.2, 0) is 23.7 Å². The second-order valence-electron chi connectivity index (χ2n) is 12.0. The molecule has 0 saturated heterocycles. The maximum Gasteiger partial charge on any atom is 0.168 e. The average Bonchev–Trinajstić information content (AvgIpc) is 3.11. The predicted octanol–water partition coefficient (Wildman–Crippen LogP) is 6.82. The molecule has 9 atom stereocenters. The molecule has 3 saturated carbocycles. The molecule has 0 bridgehead atoms. The van der Waals surface area contributed by atoms with Gasteiger partial charge in [0.05, 0.1) is 6.07 Å². The summed E-state index contributed by atoms with van der Waals surface area (Å²) in [6.45, 7) is 15.9. The Kier molecular flexibility index (Phi) is 9.36. The zero-order valence-corrected chi connectivity index (χ0v) is 23.7. The van der Waals surface area contributed by atoms with E-state index in [1.165, 1.54) is 19.3 Å². The Hall–Kier alpha value is -0.710. The fourth-order valence-electron chi connectivity index (χ4n) is 8.09. The molecule has 0 aromatic rings. The molecule has 202 valence electrons. The fourth-order valence-corrected chi connectivity index (χ4v) is 8.09. The lowest BCUT2D eigenvalue weighted by Gasteiger charge is -2.58. The van der Waals surface area contributed by atoms with Crippen LogP contribution in [0.4, 0.5) is 0 Å². The average molecular weight is 494 g/mol. The summed E-state index contributed by atoms with van der Waals surface area (Å²) in [7, 11) is 1.74. The van der Waals surface area contributed by atoms with E-state index in [0.29, 0.717) is 31.0 Å². The first-order valence-electron chi connectivity index (χ1n) is 14.1. The van der Waals surface area contributed by atoms with E-state index in [-0.39, 0.29) is 23.4 Å². The quantitative estimate of drug-likeness (QED) is 0.278. The van der Waals surface area contributed by atoms with E-state index in [0.717, 1.165) is 38.5 Å². The molecule has 6 heteroatoms. The highest BCUT2D eigenvalue weighted by atomic mass is 16.8. The Bertz CT molecular complexity index is 741. The van der Waals surface area contributed by atoms with Crippen molar-refractivity contribution in [3.05, 3.63) is 0 Å². The fraction of sp³-hybridized carbons (Fsp3) is 0.966. The minimum atomic E-state index is -0.747. The smallest absolute Gasteiger partial charge is 0.168 e. The topological polar surface area (TPSA) is 69.9 Å². The summed E-state index contributed by atoms with van der Waals surface area (Å²) < 4.78 is 29.8. The molecular weight excluding hydrogens is 442 g/mol. The van der Waals surface area contributed by atoms with E-state index < -0.39 is 11.4 Å². The minimum absolute atomic E-state index is 0.121. The zero-order valence-electron chi connectivity index (χ0n) is 23.7. The SMILES string of the molecule is CCOC(C)OC(C)(CC[C@@]1(C)CCC[C@@H]2[C@@H]1CC[C@@]1(C)[C@H]2CCC1(C#N)OC(C)OCC)OC. The Morgan fingerprint density at radius 2 is 1.63 bits per heavy atom. The lowest BCUT2D eigenvalue weighted by Crippen LogP contribution is -2.55. The number of nitrogens with zero attached hydrogens (tertiary/aromatic N) is 1. The number of hydrogen-bond donors (Lipinski definition) is 0. The van der Waals surface area contributed by atoms with Gasteiger partial charge >= 0.3 is 0 Å². The number of nitriles is 1. The standard InChI is InChI=1S/C29H51NO5/c1-9-32-21(3)34-28(7,31-8)19-18-26(5)15-11-12-23-24(26)13-16-27(6)25(23)14-17-29(27,20-30)35-22(4)33-10-2/h21-25H,9-19H2,1-8H3/t21?,22?,23-,24+,25+,26-,27+,28?,29?/m1/s1. The van der Waals surface area contributed by atoms with Gasteiger partial charge in [-0.15, -0.1) is 0 Å². The molecule has 0 heterocycles. The van der Waals surface area contributed by atoms with Gasteiger partial charge in [-0.05, 0) is 103 Å². The molecule has 0 N–H and O–H groups in total. The molecule has 0 spiro atoms. The van der Waals surface area contributed by atoms with Gasteiger partial charge in [-0.1, -0.05) is 20.3 Å². The van der Waals surface area contributed by atoms with Gasteiger partial charge in [0.15, 0.2) is 24.0 Å². The summed E-state index contributed by atoms with van der Waals surface area (Å²) in [5.74, 6) is 1.18. The Balaban J connectivity index is 1.75. The van der Waals surface area contributed by atoms with E-state index in [9.17, 15) is 5.26 Å². The second kappa shape index (κ2) is 11.4. The van der Waals surface area contributed by atoms with E-state index in [4.69, 9.17) is 23.7 Å². The maximum absolute atomic E-state index is 10.4. The third-order valence-corrected chi connectivity index (χ3v) is 10.1. The summed E-state index contributed by atoms with van der Waals surface area (Å²) in [6, 6.07) is 2.66. The molecule has 35 heavy (non-hydrogen) atoms. The van der Waals surface area contributed by atoms with Crippen molar-refractivity contribution in [3.63, 3.8) is 0 Å². The first-order valence-corrected chi connectivity index (χ1v) is 14.1. The van der Waals surface area contributed by atoms with E-state index in [2.05, 4.69) is 19.9 Å². The van der Waals surface area contributed by atoms with Crippen LogP contribution < -0.4 is 0 Å². The van der Waals surface area contributed by atoms with Crippen LogP contribution in [0.2, 0.25) is 0 Å². The highest BCUT2D eigenvalue weighted by Gasteiger charge is 2.65. The van der Waals surface area contributed by atoms with Gasteiger partial charge in [-0.3, -0.25) is 0 Å². The van der Waals surface area contributed by atoms with Crippen LogP contribution in [0.5, 0.6) is 0 Å². The Morgan fingerprint density at radius 3 is 2.26 bits per heavy atom. The zero-order chi connectivity index (χ0) is 25.9. The number of rotatable bonds is 12. The molecule has 0 aromatic heterocycles. The van der Waals surface area contributed by atoms with Gasteiger partial charge in [-0.25, -0.2) is 0 Å². The number of ether oxygens (including phenoxy) is 5. The molecule has 3 aliphatic carbocycles. The van der Waals surface area contributed by atoms with Crippen molar-refractivity contribution in [2.24, 2.45) is 28.6 Å². The number of methoxy groups -OCH3 is 1. The van der Waals surface area contributed by atoms with Crippen LogP contribution >= 0.6 is 0 Å². The molecule has 0 aliphatic heterocycles. The van der Waals surface area contributed by atoms with E-state index in [1.54, 1.807) is 7.11 Å². The van der Waals surface area contributed by atoms with Crippen molar-refractivity contribution in [2.75, 3.05) is 20.3 Å². The molecule has 3 aliphatic rings. The predicted molar refractivity (Wildman–Crippen MR) is 136 cm³/mol.